The van der Waals surface area contributed by atoms with Crippen LogP contribution in [0.25, 0.3) is 0 Å². The Morgan fingerprint density at radius 1 is 1.21 bits per heavy atom. The van der Waals surface area contributed by atoms with Crippen LogP contribution in [-0.2, 0) is 14.3 Å². The maximum atomic E-state index is 13.2. The van der Waals surface area contributed by atoms with Crippen LogP contribution in [0.15, 0.2) is 24.3 Å². The van der Waals surface area contributed by atoms with E-state index in [1.807, 2.05) is 0 Å². The average Bonchev–Trinajstić information content (AvgIpc) is 2.52. The first-order valence-corrected chi connectivity index (χ1v) is 7.88. The number of carbonyl (C=O) groups is 2. The molecule has 6 nitrogen and oxygen atoms in total. The SMILES string of the molecule is CC(C)(C)OC(=O)NC(C(=O)N1CCOCC1)c1ccc(F)cc1. The number of nitrogens with one attached hydrogen (secondary N) is 1. The van der Waals surface area contributed by atoms with Crippen molar-refractivity contribution in [2.75, 3.05) is 26.3 Å². The Kier molecular flexibility index (Phi) is 5.77. The van der Waals surface area contributed by atoms with Crippen LogP contribution in [0, 0.1) is 5.82 Å². The first-order chi connectivity index (χ1) is 11.3. The number of nitrogens with zero attached hydrogens (tertiary/aromatic N) is 1. The van der Waals surface area contributed by atoms with Crippen molar-refractivity contribution >= 4 is 12.0 Å². The summed E-state index contributed by atoms with van der Waals surface area (Å²) in [5.41, 5.74) is -0.182. The van der Waals surface area contributed by atoms with Gasteiger partial charge in [0.25, 0.3) is 0 Å². The molecule has 2 rings (SSSR count). The molecule has 0 spiro atoms. The number of halogens is 1. The average molecular weight is 338 g/mol. The van der Waals surface area contributed by atoms with E-state index in [0.29, 0.717) is 31.9 Å². The molecule has 24 heavy (non-hydrogen) atoms. The van der Waals surface area contributed by atoms with Crippen molar-refractivity contribution in [1.29, 1.82) is 0 Å². The van der Waals surface area contributed by atoms with Crippen molar-refractivity contribution in [3.8, 4) is 0 Å². The molecule has 1 aromatic carbocycles. The molecule has 1 fully saturated rings. The normalized spacial score (nSPS) is 16.4. The Bertz CT molecular complexity index is 577. The van der Waals surface area contributed by atoms with Crippen molar-refractivity contribution < 1.29 is 23.5 Å². The summed E-state index contributed by atoms with van der Waals surface area (Å²) in [6.07, 6.45) is -0.696. The smallest absolute Gasteiger partial charge is 0.408 e. The zero-order valence-corrected chi connectivity index (χ0v) is 14.2. The molecule has 1 saturated heterocycles. The van der Waals surface area contributed by atoms with E-state index in [1.54, 1.807) is 25.7 Å². The minimum absolute atomic E-state index is 0.268. The molecule has 1 N–H and O–H groups in total. The number of amides is 2. The summed E-state index contributed by atoms with van der Waals surface area (Å²) in [4.78, 5) is 26.5. The second-order valence-corrected chi connectivity index (χ2v) is 6.57. The number of carbonyl (C=O) groups excluding carboxylic acids is 2. The van der Waals surface area contributed by atoms with Gasteiger partial charge in [-0.05, 0) is 38.5 Å². The largest absolute Gasteiger partial charge is 0.444 e. The van der Waals surface area contributed by atoms with Crippen LogP contribution in [0.2, 0.25) is 0 Å². The molecule has 0 aliphatic carbocycles. The number of alkyl carbamates (subject to hydrolysis) is 1. The van der Waals surface area contributed by atoms with Gasteiger partial charge in [-0.3, -0.25) is 4.79 Å². The second-order valence-electron chi connectivity index (χ2n) is 6.57. The molecule has 0 aromatic heterocycles. The Labute approximate surface area is 140 Å². The van der Waals surface area contributed by atoms with Gasteiger partial charge >= 0.3 is 6.09 Å². The standard InChI is InChI=1S/C17H23FN2O4/c1-17(2,3)24-16(22)19-14(12-4-6-13(18)7-5-12)15(21)20-8-10-23-11-9-20/h4-7,14H,8-11H2,1-3H3,(H,19,22). The van der Waals surface area contributed by atoms with Crippen LogP contribution < -0.4 is 5.32 Å². The summed E-state index contributed by atoms with van der Waals surface area (Å²) >= 11 is 0. The van der Waals surface area contributed by atoms with Gasteiger partial charge in [-0.25, -0.2) is 9.18 Å². The highest BCUT2D eigenvalue weighted by Crippen LogP contribution is 2.19. The maximum Gasteiger partial charge on any atom is 0.408 e. The van der Waals surface area contributed by atoms with E-state index in [4.69, 9.17) is 9.47 Å². The van der Waals surface area contributed by atoms with Crippen LogP contribution in [0.4, 0.5) is 9.18 Å². The fourth-order valence-corrected chi connectivity index (χ4v) is 2.33. The van der Waals surface area contributed by atoms with Crippen molar-refractivity contribution in [1.82, 2.24) is 10.2 Å². The van der Waals surface area contributed by atoms with Gasteiger partial charge in [0.1, 0.15) is 17.5 Å². The Morgan fingerprint density at radius 3 is 2.33 bits per heavy atom. The molecule has 1 aliphatic heterocycles. The number of ether oxygens (including phenoxy) is 2. The Balaban J connectivity index is 2.18. The lowest BCUT2D eigenvalue weighted by molar-refractivity contribution is -0.137. The van der Waals surface area contributed by atoms with Crippen LogP contribution in [0.1, 0.15) is 32.4 Å². The lowest BCUT2D eigenvalue weighted by Gasteiger charge is -2.31. The molecule has 0 saturated carbocycles. The van der Waals surface area contributed by atoms with Gasteiger partial charge in [0.05, 0.1) is 13.2 Å². The van der Waals surface area contributed by atoms with Gasteiger partial charge in [-0.1, -0.05) is 12.1 Å². The van der Waals surface area contributed by atoms with E-state index < -0.39 is 23.6 Å². The highest BCUT2D eigenvalue weighted by atomic mass is 19.1. The molecule has 1 heterocycles. The minimum Gasteiger partial charge on any atom is -0.444 e. The summed E-state index contributed by atoms with van der Waals surface area (Å²) in [7, 11) is 0. The third kappa shape index (κ3) is 5.19. The zero-order valence-electron chi connectivity index (χ0n) is 14.2. The van der Waals surface area contributed by atoms with E-state index >= 15 is 0 Å². The van der Waals surface area contributed by atoms with Gasteiger partial charge in [0.15, 0.2) is 0 Å². The van der Waals surface area contributed by atoms with Crippen LogP contribution in [0.5, 0.6) is 0 Å². The van der Waals surface area contributed by atoms with Crippen molar-refractivity contribution in [3.05, 3.63) is 35.6 Å². The van der Waals surface area contributed by atoms with Gasteiger partial charge in [0.2, 0.25) is 5.91 Å². The number of morpholine rings is 1. The van der Waals surface area contributed by atoms with E-state index in [1.165, 1.54) is 24.3 Å². The molecular weight excluding hydrogens is 315 g/mol. The molecule has 1 aromatic rings. The zero-order chi connectivity index (χ0) is 17.7. The monoisotopic (exact) mass is 338 g/mol. The molecule has 0 radical (unpaired) electrons. The number of rotatable bonds is 3. The van der Waals surface area contributed by atoms with Gasteiger partial charge in [-0.2, -0.15) is 0 Å². The quantitative estimate of drug-likeness (QED) is 0.918. The molecule has 1 unspecified atom stereocenters. The molecule has 1 atom stereocenters. The first kappa shape index (κ1) is 18.2. The second kappa shape index (κ2) is 7.61. The summed E-state index contributed by atoms with van der Waals surface area (Å²) in [5, 5.41) is 2.59. The van der Waals surface area contributed by atoms with E-state index in [2.05, 4.69) is 5.32 Å². The fraction of sp³-hybridized carbons (Fsp3) is 0.529. The van der Waals surface area contributed by atoms with Crippen LogP contribution >= 0.6 is 0 Å². The van der Waals surface area contributed by atoms with Gasteiger partial charge < -0.3 is 19.7 Å². The molecular formula is C17H23FN2O4. The van der Waals surface area contributed by atoms with Gasteiger partial charge in [0, 0.05) is 13.1 Å². The van der Waals surface area contributed by atoms with Crippen LogP contribution in [-0.4, -0.2) is 48.8 Å². The number of hydrogen-bond acceptors (Lipinski definition) is 4. The topological polar surface area (TPSA) is 67.9 Å². The van der Waals surface area contributed by atoms with E-state index in [-0.39, 0.29) is 5.91 Å². The first-order valence-electron chi connectivity index (χ1n) is 7.88. The molecule has 132 valence electrons. The lowest BCUT2D eigenvalue weighted by Crippen LogP contribution is -2.48. The molecule has 2 amide bonds. The molecule has 7 heteroatoms. The Morgan fingerprint density at radius 2 is 1.79 bits per heavy atom. The van der Waals surface area contributed by atoms with E-state index in [9.17, 15) is 14.0 Å². The fourth-order valence-electron chi connectivity index (χ4n) is 2.33. The van der Waals surface area contributed by atoms with Crippen molar-refractivity contribution in [3.63, 3.8) is 0 Å². The minimum atomic E-state index is -0.932. The summed E-state index contributed by atoms with van der Waals surface area (Å²) < 4.78 is 23.6. The number of hydrogen-bond donors (Lipinski definition) is 1. The van der Waals surface area contributed by atoms with Gasteiger partial charge in [-0.15, -0.1) is 0 Å². The molecule has 1 aliphatic rings. The van der Waals surface area contributed by atoms with E-state index in [0.717, 1.165) is 0 Å². The highest BCUT2D eigenvalue weighted by Gasteiger charge is 2.30. The molecule has 0 bridgehead atoms. The number of benzene rings is 1. The Hall–Kier alpha value is -2.15. The van der Waals surface area contributed by atoms with Crippen molar-refractivity contribution in [2.45, 2.75) is 32.4 Å². The summed E-state index contributed by atoms with van der Waals surface area (Å²) in [6, 6.07) is 4.54. The third-order valence-corrected chi connectivity index (χ3v) is 3.43. The van der Waals surface area contributed by atoms with Crippen molar-refractivity contribution in [2.24, 2.45) is 0 Å². The van der Waals surface area contributed by atoms with Crippen LogP contribution in [0.3, 0.4) is 0 Å². The summed E-state index contributed by atoms with van der Waals surface area (Å²) in [6.45, 7) is 7.03. The predicted octanol–water partition coefficient (Wildman–Crippen LogP) is 2.25. The summed E-state index contributed by atoms with van der Waals surface area (Å²) in [5.74, 6) is -0.677. The predicted molar refractivity (Wildman–Crippen MR) is 85.9 cm³/mol. The highest BCUT2D eigenvalue weighted by molar-refractivity contribution is 5.87. The third-order valence-electron chi connectivity index (χ3n) is 3.43. The maximum absolute atomic E-state index is 13.2. The lowest BCUT2D eigenvalue weighted by atomic mass is 10.1.